The third-order valence-corrected chi connectivity index (χ3v) is 5.96. The average molecular weight is 321 g/mol. The fourth-order valence-corrected chi connectivity index (χ4v) is 2.92. The molecule has 0 radical (unpaired) electrons. The van der Waals surface area contributed by atoms with Crippen molar-refractivity contribution < 1.29 is 16.8 Å². The summed E-state index contributed by atoms with van der Waals surface area (Å²) < 4.78 is 52.1. The quantitative estimate of drug-likeness (QED) is 0.854. The molecule has 1 aromatic carbocycles. The van der Waals surface area contributed by atoms with Crippen LogP contribution in [0.1, 0.15) is 5.56 Å². The predicted molar refractivity (Wildman–Crippen MR) is 78.3 cm³/mol. The second-order valence-electron chi connectivity index (χ2n) is 4.65. The first-order chi connectivity index (χ1) is 8.98. The van der Waals surface area contributed by atoms with Crippen LogP contribution in [0.4, 0.5) is 5.69 Å². The molecule has 0 fully saturated rings. The van der Waals surface area contributed by atoms with Crippen LogP contribution in [0.2, 0.25) is 0 Å². The molecule has 1 rings (SSSR count). The van der Waals surface area contributed by atoms with E-state index in [0.717, 1.165) is 8.61 Å². The Morgan fingerprint density at radius 2 is 1.50 bits per heavy atom. The molecule has 0 saturated heterocycles. The maximum absolute atomic E-state index is 12.0. The van der Waals surface area contributed by atoms with Crippen LogP contribution in [0.15, 0.2) is 23.1 Å². The molecule has 9 heteroatoms. The zero-order valence-electron chi connectivity index (χ0n) is 12.1. The lowest BCUT2D eigenvalue weighted by Gasteiger charge is -2.17. The molecule has 1 N–H and O–H groups in total. The lowest BCUT2D eigenvalue weighted by Crippen LogP contribution is -2.29. The van der Waals surface area contributed by atoms with E-state index in [1.165, 1.54) is 40.3 Å². The molecule has 0 aliphatic heterocycles. The van der Waals surface area contributed by atoms with Gasteiger partial charge in [0.15, 0.2) is 0 Å². The number of aryl methyl sites for hydroxylation is 1. The first-order valence-electron chi connectivity index (χ1n) is 5.72. The molecule has 114 valence electrons. The summed E-state index contributed by atoms with van der Waals surface area (Å²) in [6.45, 7) is 1.69. The van der Waals surface area contributed by atoms with Crippen molar-refractivity contribution in [1.29, 1.82) is 0 Å². The smallest absolute Gasteiger partial charge is 0.271 e. The number of rotatable bonds is 5. The van der Waals surface area contributed by atoms with E-state index in [1.54, 1.807) is 13.0 Å². The van der Waals surface area contributed by atoms with Crippen molar-refractivity contribution in [2.75, 3.05) is 32.9 Å². The van der Waals surface area contributed by atoms with Crippen molar-refractivity contribution in [3.63, 3.8) is 0 Å². The van der Waals surface area contributed by atoms with Gasteiger partial charge in [0, 0.05) is 28.2 Å². The highest BCUT2D eigenvalue weighted by molar-refractivity contribution is 7.90. The molecule has 0 heterocycles. The van der Waals surface area contributed by atoms with Gasteiger partial charge in [-0.15, -0.1) is 0 Å². The van der Waals surface area contributed by atoms with Gasteiger partial charge in [0.25, 0.3) is 0 Å². The highest BCUT2D eigenvalue weighted by Gasteiger charge is 2.20. The van der Waals surface area contributed by atoms with E-state index in [1.807, 2.05) is 0 Å². The number of nitrogens with zero attached hydrogens (tertiary/aromatic N) is 2. The molecule has 0 amide bonds. The number of benzene rings is 1. The Morgan fingerprint density at radius 3 is 1.95 bits per heavy atom. The lowest BCUT2D eigenvalue weighted by atomic mass is 10.2. The summed E-state index contributed by atoms with van der Waals surface area (Å²) in [6.07, 6.45) is 0. The van der Waals surface area contributed by atoms with Crippen molar-refractivity contribution in [3.05, 3.63) is 23.8 Å². The topological polar surface area (TPSA) is 86.8 Å². The summed E-state index contributed by atoms with van der Waals surface area (Å²) in [7, 11) is -1.68. The maximum Gasteiger partial charge on any atom is 0.301 e. The van der Waals surface area contributed by atoms with Crippen molar-refractivity contribution >= 4 is 25.9 Å². The fraction of sp³-hybridized carbons (Fsp3) is 0.455. The van der Waals surface area contributed by atoms with E-state index in [2.05, 4.69) is 4.72 Å². The van der Waals surface area contributed by atoms with E-state index in [-0.39, 0.29) is 10.6 Å². The van der Waals surface area contributed by atoms with E-state index < -0.39 is 20.2 Å². The average Bonchev–Trinajstić information content (AvgIpc) is 2.31. The molecular formula is C11H19N3O4S2. The summed E-state index contributed by atoms with van der Waals surface area (Å²) in [5, 5.41) is 0. The Labute approximate surface area is 120 Å². The third kappa shape index (κ3) is 3.48. The Hall–Kier alpha value is -1.16. The SMILES string of the molecule is Cc1ccc(S(=O)(=O)N(C)C)cc1NS(=O)(=O)N(C)C. The van der Waals surface area contributed by atoms with E-state index in [4.69, 9.17) is 0 Å². The van der Waals surface area contributed by atoms with Crippen molar-refractivity contribution in [1.82, 2.24) is 8.61 Å². The number of sulfonamides is 1. The molecule has 20 heavy (non-hydrogen) atoms. The molecule has 1 aromatic rings. The molecule has 0 aliphatic carbocycles. The lowest BCUT2D eigenvalue weighted by molar-refractivity contribution is 0.520. The minimum Gasteiger partial charge on any atom is -0.271 e. The molecular weight excluding hydrogens is 302 g/mol. The minimum absolute atomic E-state index is 0.0320. The van der Waals surface area contributed by atoms with Gasteiger partial charge in [-0.1, -0.05) is 6.07 Å². The summed E-state index contributed by atoms with van der Waals surface area (Å²) in [5.74, 6) is 0. The van der Waals surface area contributed by atoms with Gasteiger partial charge in [0.05, 0.1) is 10.6 Å². The molecule has 0 unspecified atom stereocenters. The summed E-state index contributed by atoms with van der Waals surface area (Å²) in [5.41, 5.74) is 0.870. The second kappa shape index (κ2) is 5.68. The molecule has 0 spiro atoms. The first kappa shape index (κ1) is 16.9. The zero-order valence-corrected chi connectivity index (χ0v) is 13.7. The van der Waals surface area contributed by atoms with Crippen LogP contribution in [0, 0.1) is 6.92 Å². The van der Waals surface area contributed by atoms with Gasteiger partial charge in [-0.25, -0.2) is 12.7 Å². The number of hydrogen-bond donors (Lipinski definition) is 1. The summed E-state index contributed by atoms with van der Waals surface area (Å²) in [4.78, 5) is 0.0320. The number of anilines is 1. The standard InChI is InChI=1S/C11H19N3O4S2/c1-9-6-7-10(19(15,16)13(2)3)8-11(9)12-20(17,18)14(4)5/h6-8,12H,1-5H3. The van der Waals surface area contributed by atoms with E-state index in [0.29, 0.717) is 5.56 Å². The number of hydrogen-bond acceptors (Lipinski definition) is 4. The van der Waals surface area contributed by atoms with Crippen LogP contribution >= 0.6 is 0 Å². The Balaban J connectivity index is 3.31. The maximum atomic E-state index is 12.0. The summed E-state index contributed by atoms with van der Waals surface area (Å²) >= 11 is 0. The largest absolute Gasteiger partial charge is 0.301 e. The molecule has 0 aromatic heterocycles. The Morgan fingerprint density at radius 1 is 0.950 bits per heavy atom. The Kier molecular flexibility index (Phi) is 4.80. The van der Waals surface area contributed by atoms with Gasteiger partial charge in [-0.3, -0.25) is 4.72 Å². The van der Waals surface area contributed by atoms with Crippen LogP contribution < -0.4 is 4.72 Å². The second-order valence-corrected chi connectivity index (χ2v) is 8.69. The molecule has 0 saturated carbocycles. The normalized spacial score (nSPS) is 12.9. The van der Waals surface area contributed by atoms with Gasteiger partial charge in [0.2, 0.25) is 10.0 Å². The zero-order chi connectivity index (χ0) is 15.7. The fourth-order valence-electron chi connectivity index (χ4n) is 1.31. The predicted octanol–water partition coefficient (Wildman–Crippen LogP) is 0.464. The van der Waals surface area contributed by atoms with Gasteiger partial charge in [-0.05, 0) is 24.6 Å². The van der Waals surface area contributed by atoms with Crippen molar-refractivity contribution in [3.8, 4) is 0 Å². The molecule has 0 aliphatic rings. The van der Waals surface area contributed by atoms with Crippen LogP contribution in [0.25, 0.3) is 0 Å². The van der Waals surface area contributed by atoms with E-state index in [9.17, 15) is 16.8 Å². The molecule has 7 nitrogen and oxygen atoms in total. The highest BCUT2D eigenvalue weighted by Crippen LogP contribution is 2.23. The minimum atomic E-state index is -3.68. The molecule has 0 atom stereocenters. The number of nitrogens with one attached hydrogen (secondary N) is 1. The van der Waals surface area contributed by atoms with E-state index >= 15 is 0 Å². The van der Waals surface area contributed by atoms with Crippen LogP contribution in [-0.2, 0) is 20.2 Å². The first-order valence-corrected chi connectivity index (χ1v) is 8.60. The van der Waals surface area contributed by atoms with Gasteiger partial charge in [-0.2, -0.15) is 12.7 Å². The van der Waals surface area contributed by atoms with Crippen LogP contribution in [0.5, 0.6) is 0 Å². The molecule has 0 bridgehead atoms. The van der Waals surface area contributed by atoms with Gasteiger partial charge >= 0.3 is 10.2 Å². The van der Waals surface area contributed by atoms with Crippen LogP contribution in [-0.4, -0.2) is 53.6 Å². The van der Waals surface area contributed by atoms with Crippen LogP contribution in [0.3, 0.4) is 0 Å². The Bertz CT molecular complexity index is 694. The van der Waals surface area contributed by atoms with Crippen molar-refractivity contribution in [2.45, 2.75) is 11.8 Å². The van der Waals surface area contributed by atoms with Crippen molar-refractivity contribution in [2.24, 2.45) is 0 Å². The monoisotopic (exact) mass is 321 g/mol. The highest BCUT2D eigenvalue weighted by atomic mass is 32.2. The summed E-state index contributed by atoms with van der Waals surface area (Å²) in [6, 6.07) is 4.31. The van der Waals surface area contributed by atoms with Gasteiger partial charge in [0.1, 0.15) is 0 Å². The third-order valence-electron chi connectivity index (χ3n) is 2.71. The van der Waals surface area contributed by atoms with Gasteiger partial charge < -0.3 is 0 Å².